The Morgan fingerprint density at radius 1 is 1.41 bits per heavy atom. The summed E-state index contributed by atoms with van der Waals surface area (Å²) in [6.07, 6.45) is 0.530. The van der Waals surface area contributed by atoms with Crippen molar-refractivity contribution in [3.05, 3.63) is 18.2 Å². The summed E-state index contributed by atoms with van der Waals surface area (Å²) in [6, 6.07) is 4.80. The molecule has 1 amide bonds. The summed E-state index contributed by atoms with van der Waals surface area (Å²) >= 11 is 0. The van der Waals surface area contributed by atoms with Gasteiger partial charge in [0, 0.05) is 6.07 Å². The van der Waals surface area contributed by atoms with Gasteiger partial charge in [-0.1, -0.05) is 0 Å². The minimum Gasteiger partial charge on any atom is -0.495 e. The van der Waals surface area contributed by atoms with Gasteiger partial charge in [-0.3, -0.25) is 4.79 Å². The zero-order valence-corrected chi connectivity index (χ0v) is 9.56. The maximum Gasteiger partial charge on any atom is 0.343 e. The van der Waals surface area contributed by atoms with Gasteiger partial charge in [0.25, 0.3) is 0 Å². The van der Waals surface area contributed by atoms with Crippen molar-refractivity contribution in [2.75, 3.05) is 26.1 Å². The molecule has 0 fully saturated rings. The van der Waals surface area contributed by atoms with Crippen molar-refractivity contribution in [1.82, 2.24) is 0 Å². The largest absolute Gasteiger partial charge is 0.495 e. The summed E-state index contributed by atoms with van der Waals surface area (Å²) in [7, 11) is 2.76. The Morgan fingerprint density at radius 2 is 2.18 bits per heavy atom. The quantitative estimate of drug-likeness (QED) is 0.587. The van der Waals surface area contributed by atoms with Crippen LogP contribution in [-0.4, -0.2) is 33.2 Å². The number of carbonyl (C=O) groups is 2. The molecule has 0 aromatic heterocycles. The smallest absolute Gasteiger partial charge is 0.343 e. The molecule has 92 valence electrons. The van der Waals surface area contributed by atoms with Crippen LogP contribution in [-0.2, 0) is 14.3 Å². The average molecular weight is 239 g/mol. The zero-order valence-electron chi connectivity index (χ0n) is 9.56. The van der Waals surface area contributed by atoms with Gasteiger partial charge in [-0.2, -0.15) is 0 Å². The first-order valence-corrected chi connectivity index (χ1v) is 4.79. The van der Waals surface area contributed by atoms with Gasteiger partial charge in [0.2, 0.25) is 6.41 Å². The molecule has 0 atom stereocenters. The van der Waals surface area contributed by atoms with Gasteiger partial charge >= 0.3 is 5.97 Å². The monoisotopic (exact) mass is 239 g/mol. The number of anilines is 1. The lowest BCUT2D eigenvalue weighted by Crippen LogP contribution is -2.12. The Morgan fingerprint density at radius 3 is 2.76 bits per heavy atom. The number of nitrogens with one attached hydrogen (secondary N) is 1. The zero-order chi connectivity index (χ0) is 12.7. The molecule has 6 heteroatoms. The average Bonchev–Trinajstić information content (AvgIpc) is 2.36. The lowest BCUT2D eigenvalue weighted by Gasteiger charge is -2.10. The Hall–Kier alpha value is -2.24. The number of esters is 1. The van der Waals surface area contributed by atoms with Crippen molar-refractivity contribution in [2.45, 2.75) is 0 Å². The van der Waals surface area contributed by atoms with Gasteiger partial charge in [-0.05, 0) is 12.1 Å². The molecule has 0 aliphatic heterocycles. The number of amides is 1. The van der Waals surface area contributed by atoms with Gasteiger partial charge in [0.1, 0.15) is 11.5 Å². The first-order valence-electron chi connectivity index (χ1n) is 4.79. The predicted octanol–water partition coefficient (Wildman–Crippen LogP) is 0.815. The molecular weight excluding hydrogens is 226 g/mol. The molecule has 0 radical (unpaired) electrons. The molecule has 1 aromatic rings. The second-order valence-corrected chi connectivity index (χ2v) is 2.99. The number of hydrogen-bond acceptors (Lipinski definition) is 5. The van der Waals surface area contributed by atoms with Crippen LogP contribution in [0.2, 0.25) is 0 Å². The van der Waals surface area contributed by atoms with E-state index in [1.807, 2.05) is 0 Å². The summed E-state index contributed by atoms with van der Waals surface area (Å²) < 4.78 is 14.6. The van der Waals surface area contributed by atoms with Gasteiger partial charge < -0.3 is 19.5 Å². The van der Waals surface area contributed by atoms with Gasteiger partial charge in [0.15, 0.2) is 6.61 Å². The molecule has 0 saturated heterocycles. The van der Waals surface area contributed by atoms with E-state index < -0.39 is 5.97 Å². The van der Waals surface area contributed by atoms with E-state index in [1.54, 1.807) is 18.2 Å². The van der Waals surface area contributed by atoms with Crippen molar-refractivity contribution >= 4 is 18.1 Å². The van der Waals surface area contributed by atoms with Crippen molar-refractivity contribution in [3.63, 3.8) is 0 Å². The number of benzene rings is 1. The topological polar surface area (TPSA) is 73.9 Å². The van der Waals surface area contributed by atoms with E-state index in [1.165, 1.54) is 14.2 Å². The van der Waals surface area contributed by atoms with Crippen molar-refractivity contribution in [1.29, 1.82) is 0 Å². The standard InChI is InChI=1S/C11H13NO5/c1-15-10-4-3-8(5-9(10)12-7-13)17-6-11(14)16-2/h3-5,7H,6H2,1-2H3,(H,12,13). The Bertz CT molecular complexity index is 405. The highest BCUT2D eigenvalue weighted by Crippen LogP contribution is 2.28. The third-order valence-corrected chi connectivity index (χ3v) is 1.97. The highest BCUT2D eigenvalue weighted by atomic mass is 16.6. The second-order valence-electron chi connectivity index (χ2n) is 2.99. The van der Waals surface area contributed by atoms with Crippen molar-refractivity contribution < 1.29 is 23.8 Å². The molecule has 0 unspecified atom stereocenters. The molecular formula is C11H13NO5. The molecule has 17 heavy (non-hydrogen) atoms. The van der Waals surface area contributed by atoms with Crippen LogP contribution in [0.1, 0.15) is 0 Å². The lowest BCUT2D eigenvalue weighted by molar-refractivity contribution is -0.142. The van der Waals surface area contributed by atoms with Gasteiger partial charge in [0.05, 0.1) is 19.9 Å². The second kappa shape index (κ2) is 6.37. The molecule has 1 aromatic carbocycles. The van der Waals surface area contributed by atoms with E-state index in [0.717, 1.165) is 0 Å². The summed E-state index contributed by atoms with van der Waals surface area (Å²) in [4.78, 5) is 21.3. The van der Waals surface area contributed by atoms with Crippen LogP contribution in [0.4, 0.5) is 5.69 Å². The van der Waals surface area contributed by atoms with E-state index in [9.17, 15) is 9.59 Å². The lowest BCUT2D eigenvalue weighted by atomic mass is 10.2. The number of methoxy groups -OCH3 is 2. The van der Waals surface area contributed by atoms with Crippen LogP contribution >= 0.6 is 0 Å². The minimum atomic E-state index is -0.481. The highest BCUT2D eigenvalue weighted by Gasteiger charge is 2.06. The summed E-state index contributed by atoms with van der Waals surface area (Å²) in [5.41, 5.74) is 0.463. The number of ether oxygens (including phenoxy) is 3. The summed E-state index contributed by atoms with van der Waals surface area (Å²) in [5.74, 6) is 0.453. The Balaban J connectivity index is 2.77. The third kappa shape index (κ3) is 3.67. The molecule has 0 saturated carbocycles. The fourth-order valence-corrected chi connectivity index (χ4v) is 1.15. The molecule has 0 spiro atoms. The van der Waals surface area contributed by atoms with Gasteiger partial charge in [-0.15, -0.1) is 0 Å². The van der Waals surface area contributed by atoms with Crippen LogP contribution in [0.3, 0.4) is 0 Å². The van der Waals surface area contributed by atoms with Crippen LogP contribution in [0.15, 0.2) is 18.2 Å². The number of hydrogen-bond donors (Lipinski definition) is 1. The van der Waals surface area contributed by atoms with Crippen LogP contribution in [0.5, 0.6) is 11.5 Å². The van der Waals surface area contributed by atoms with Crippen molar-refractivity contribution in [2.24, 2.45) is 0 Å². The van der Waals surface area contributed by atoms with E-state index in [0.29, 0.717) is 23.6 Å². The van der Waals surface area contributed by atoms with E-state index in [-0.39, 0.29) is 6.61 Å². The SMILES string of the molecule is COC(=O)COc1ccc(OC)c(NC=O)c1. The molecule has 0 aliphatic carbocycles. The molecule has 0 bridgehead atoms. The Kier molecular flexibility index (Phi) is 4.80. The van der Waals surface area contributed by atoms with Crippen molar-refractivity contribution in [3.8, 4) is 11.5 Å². The maximum absolute atomic E-state index is 10.9. The highest BCUT2D eigenvalue weighted by molar-refractivity contribution is 5.76. The molecule has 6 nitrogen and oxygen atoms in total. The molecule has 1 rings (SSSR count). The number of rotatable bonds is 6. The van der Waals surface area contributed by atoms with Crippen LogP contribution in [0, 0.1) is 0 Å². The van der Waals surface area contributed by atoms with E-state index >= 15 is 0 Å². The van der Waals surface area contributed by atoms with Gasteiger partial charge in [-0.25, -0.2) is 4.79 Å². The third-order valence-electron chi connectivity index (χ3n) is 1.97. The normalized spacial score (nSPS) is 9.29. The maximum atomic E-state index is 10.9. The molecule has 0 heterocycles. The van der Waals surface area contributed by atoms with Crippen LogP contribution in [0.25, 0.3) is 0 Å². The van der Waals surface area contributed by atoms with E-state index in [4.69, 9.17) is 9.47 Å². The first kappa shape index (κ1) is 12.8. The predicted molar refractivity (Wildman–Crippen MR) is 60.2 cm³/mol. The van der Waals surface area contributed by atoms with Crippen LogP contribution < -0.4 is 14.8 Å². The fourth-order valence-electron chi connectivity index (χ4n) is 1.15. The Labute approximate surface area is 98.5 Å². The fraction of sp³-hybridized carbons (Fsp3) is 0.273. The number of carbonyl (C=O) groups excluding carboxylic acids is 2. The first-order chi connectivity index (χ1) is 8.21. The molecule has 0 aliphatic rings. The molecule has 1 N–H and O–H groups in total. The summed E-state index contributed by atoms with van der Waals surface area (Å²) in [5, 5.41) is 2.47. The summed E-state index contributed by atoms with van der Waals surface area (Å²) in [6.45, 7) is -0.191. The minimum absolute atomic E-state index is 0.191. The van der Waals surface area contributed by atoms with E-state index in [2.05, 4.69) is 10.1 Å².